The average molecular weight is 349 g/mol. The molecule has 0 aliphatic heterocycles. The van der Waals surface area contributed by atoms with E-state index < -0.39 is 0 Å². The molecule has 1 aliphatic rings. The largest absolute Gasteiger partial charge is 0.452 e. The van der Waals surface area contributed by atoms with Crippen molar-refractivity contribution in [2.75, 3.05) is 12.8 Å². The number of carbonyl (C=O) groups excluding carboxylic acids is 1. The Kier molecular flexibility index (Phi) is 3.53. The second-order valence-electron chi connectivity index (χ2n) is 5.57. The number of hydrogen-bond donors (Lipinski definition) is 1. The normalized spacial score (nSPS) is 15.7. The first kappa shape index (κ1) is 14.2. The van der Waals surface area contributed by atoms with Gasteiger partial charge in [-0.3, -0.25) is 4.79 Å². The molecule has 0 unspecified atom stereocenters. The first-order chi connectivity index (χ1) is 10.0. The van der Waals surface area contributed by atoms with Gasteiger partial charge in [-0.15, -0.1) is 0 Å². The minimum atomic E-state index is -0.369. The number of carbonyl (C=O) groups is 1. The molecule has 1 saturated carbocycles. The van der Waals surface area contributed by atoms with Gasteiger partial charge in [0, 0.05) is 12.7 Å². The third kappa shape index (κ3) is 2.70. The van der Waals surface area contributed by atoms with E-state index in [9.17, 15) is 4.79 Å². The van der Waals surface area contributed by atoms with Crippen LogP contribution in [0.15, 0.2) is 45.5 Å². The minimum Gasteiger partial charge on any atom is -0.452 e. The quantitative estimate of drug-likeness (QED) is 0.862. The second-order valence-corrected chi connectivity index (χ2v) is 6.35. The molecule has 1 amide bonds. The van der Waals surface area contributed by atoms with Gasteiger partial charge >= 0.3 is 0 Å². The van der Waals surface area contributed by atoms with E-state index in [4.69, 9.17) is 10.2 Å². The van der Waals surface area contributed by atoms with Crippen LogP contribution < -0.4 is 5.73 Å². The summed E-state index contributed by atoms with van der Waals surface area (Å²) in [6.07, 6.45) is 1.78. The number of likely N-dealkylation sites (N-methyl/N-ethyl adjacent to an activating group) is 1. The molecule has 0 spiro atoms. The maximum atomic E-state index is 12.8. The fourth-order valence-corrected chi connectivity index (χ4v) is 3.00. The topological polar surface area (TPSA) is 59.5 Å². The minimum absolute atomic E-state index is 0.139. The predicted octanol–water partition coefficient (Wildman–Crippen LogP) is 3.31. The lowest BCUT2D eigenvalue weighted by atomic mass is 9.94. The van der Waals surface area contributed by atoms with E-state index in [2.05, 4.69) is 15.9 Å². The summed E-state index contributed by atoms with van der Waals surface area (Å²) in [5.41, 5.74) is 7.12. The number of rotatable bonds is 4. The SMILES string of the molecule is CN(Cc1ccc(Br)o1)C(=O)C1(c2ccc(N)cc2)CC1. The predicted molar refractivity (Wildman–Crippen MR) is 84.6 cm³/mol. The molecule has 0 radical (unpaired) electrons. The molecule has 1 fully saturated rings. The molecule has 0 saturated heterocycles. The lowest BCUT2D eigenvalue weighted by Gasteiger charge is -2.23. The molecule has 0 bridgehead atoms. The van der Waals surface area contributed by atoms with Crippen molar-refractivity contribution in [2.24, 2.45) is 0 Å². The Bertz CT molecular complexity index is 659. The Labute approximate surface area is 132 Å². The highest BCUT2D eigenvalue weighted by atomic mass is 79.9. The van der Waals surface area contributed by atoms with Crippen molar-refractivity contribution in [3.8, 4) is 0 Å². The molecular weight excluding hydrogens is 332 g/mol. The fraction of sp³-hybridized carbons (Fsp3) is 0.312. The van der Waals surface area contributed by atoms with E-state index in [1.54, 1.807) is 4.90 Å². The summed E-state index contributed by atoms with van der Waals surface area (Å²) >= 11 is 3.27. The molecule has 1 aromatic carbocycles. The Balaban J connectivity index is 1.76. The van der Waals surface area contributed by atoms with Gasteiger partial charge in [-0.25, -0.2) is 0 Å². The summed E-state index contributed by atoms with van der Waals surface area (Å²) < 4.78 is 6.14. The van der Waals surface area contributed by atoms with E-state index >= 15 is 0 Å². The van der Waals surface area contributed by atoms with Crippen molar-refractivity contribution in [1.29, 1.82) is 0 Å². The molecule has 3 rings (SSSR count). The second kappa shape index (κ2) is 5.22. The summed E-state index contributed by atoms with van der Waals surface area (Å²) in [4.78, 5) is 14.5. The third-order valence-electron chi connectivity index (χ3n) is 3.99. The maximum Gasteiger partial charge on any atom is 0.233 e. The fourth-order valence-electron chi connectivity index (χ4n) is 2.66. The average Bonchev–Trinajstić information content (AvgIpc) is 3.17. The Hall–Kier alpha value is -1.75. The highest BCUT2D eigenvalue weighted by Crippen LogP contribution is 2.49. The van der Waals surface area contributed by atoms with Crippen LogP contribution in [0.3, 0.4) is 0 Å². The zero-order valence-electron chi connectivity index (χ0n) is 11.8. The van der Waals surface area contributed by atoms with Crippen LogP contribution in [0.5, 0.6) is 0 Å². The molecule has 1 aliphatic carbocycles. The van der Waals surface area contributed by atoms with Crippen molar-refractivity contribution in [1.82, 2.24) is 4.90 Å². The lowest BCUT2D eigenvalue weighted by molar-refractivity contribution is -0.133. The van der Waals surface area contributed by atoms with Crippen LogP contribution in [0.1, 0.15) is 24.2 Å². The van der Waals surface area contributed by atoms with Crippen LogP contribution in [0.2, 0.25) is 0 Å². The van der Waals surface area contributed by atoms with Crippen molar-refractivity contribution < 1.29 is 9.21 Å². The molecule has 4 nitrogen and oxygen atoms in total. The third-order valence-corrected chi connectivity index (χ3v) is 4.42. The van der Waals surface area contributed by atoms with Gasteiger partial charge < -0.3 is 15.1 Å². The molecule has 1 aromatic heterocycles. The summed E-state index contributed by atoms with van der Waals surface area (Å²) in [5.74, 6) is 0.908. The van der Waals surface area contributed by atoms with Crippen LogP contribution in [0.25, 0.3) is 0 Å². The van der Waals surface area contributed by atoms with Crippen molar-refractivity contribution >= 4 is 27.5 Å². The Morgan fingerprint density at radius 1 is 1.29 bits per heavy atom. The Morgan fingerprint density at radius 2 is 1.95 bits per heavy atom. The highest BCUT2D eigenvalue weighted by molar-refractivity contribution is 9.10. The first-order valence-electron chi connectivity index (χ1n) is 6.87. The van der Waals surface area contributed by atoms with Gasteiger partial charge in [0.15, 0.2) is 4.67 Å². The summed E-state index contributed by atoms with van der Waals surface area (Å²) in [6.45, 7) is 0.473. The summed E-state index contributed by atoms with van der Waals surface area (Å²) in [5, 5.41) is 0. The van der Waals surface area contributed by atoms with Gasteiger partial charge in [0.2, 0.25) is 5.91 Å². The van der Waals surface area contributed by atoms with Crippen molar-refractivity contribution in [2.45, 2.75) is 24.8 Å². The molecule has 2 N–H and O–H groups in total. The van der Waals surface area contributed by atoms with Crippen LogP contribution in [0.4, 0.5) is 5.69 Å². The van der Waals surface area contributed by atoms with Crippen LogP contribution in [-0.2, 0) is 16.8 Å². The maximum absolute atomic E-state index is 12.8. The van der Waals surface area contributed by atoms with E-state index in [-0.39, 0.29) is 11.3 Å². The summed E-state index contributed by atoms with van der Waals surface area (Å²) in [7, 11) is 1.82. The monoisotopic (exact) mass is 348 g/mol. The zero-order valence-corrected chi connectivity index (χ0v) is 13.4. The number of nitrogens with two attached hydrogens (primary N) is 1. The zero-order chi connectivity index (χ0) is 15.0. The number of amides is 1. The molecule has 5 heteroatoms. The van der Waals surface area contributed by atoms with Crippen LogP contribution in [0, 0.1) is 0 Å². The van der Waals surface area contributed by atoms with E-state index in [1.165, 1.54) is 0 Å². The standard InChI is InChI=1S/C16H17BrN2O2/c1-19(10-13-6-7-14(17)21-13)15(20)16(8-9-16)11-2-4-12(18)5-3-11/h2-7H,8-10,18H2,1H3. The number of nitrogen functional groups attached to an aromatic ring is 1. The Morgan fingerprint density at radius 3 is 2.48 bits per heavy atom. The molecule has 2 aromatic rings. The summed E-state index contributed by atoms with van der Waals surface area (Å²) in [6, 6.07) is 11.3. The van der Waals surface area contributed by atoms with Gasteiger partial charge in [0.05, 0.1) is 12.0 Å². The van der Waals surface area contributed by atoms with Gasteiger partial charge in [0.25, 0.3) is 0 Å². The molecule has 0 atom stereocenters. The number of halogens is 1. The van der Waals surface area contributed by atoms with Gasteiger partial charge in [-0.1, -0.05) is 12.1 Å². The van der Waals surface area contributed by atoms with Crippen LogP contribution >= 0.6 is 15.9 Å². The van der Waals surface area contributed by atoms with E-state index in [1.807, 2.05) is 43.4 Å². The molecule has 110 valence electrons. The molecular formula is C16H17BrN2O2. The number of nitrogens with zero attached hydrogens (tertiary/aromatic N) is 1. The number of furan rings is 1. The lowest BCUT2D eigenvalue weighted by Crippen LogP contribution is -2.36. The number of benzene rings is 1. The molecule has 21 heavy (non-hydrogen) atoms. The van der Waals surface area contributed by atoms with E-state index in [0.717, 1.165) is 29.9 Å². The van der Waals surface area contributed by atoms with Crippen LogP contribution in [-0.4, -0.2) is 17.9 Å². The number of anilines is 1. The smallest absolute Gasteiger partial charge is 0.233 e. The first-order valence-corrected chi connectivity index (χ1v) is 7.66. The van der Waals surface area contributed by atoms with Gasteiger partial charge in [-0.05, 0) is 58.6 Å². The van der Waals surface area contributed by atoms with Crippen molar-refractivity contribution in [3.63, 3.8) is 0 Å². The molecule has 1 heterocycles. The van der Waals surface area contributed by atoms with Gasteiger partial charge in [-0.2, -0.15) is 0 Å². The van der Waals surface area contributed by atoms with Crippen molar-refractivity contribution in [3.05, 3.63) is 52.4 Å². The van der Waals surface area contributed by atoms with Gasteiger partial charge in [0.1, 0.15) is 5.76 Å². The number of hydrogen-bond acceptors (Lipinski definition) is 3. The highest BCUT2D eigenvalue weighted by Gasteiger charge is 2.52. The van der Waals surface area contributed by atoms with E-state index in [0.29, 0.717) is 11.2 Å².